The lowest BCUT2D eigenvalue weighted by Gasteiger charge is -2.13. The summed E-state index contributed by atoms with van der Waals surface area (Å²) >= 11 is 0. The number of benzene rings is 2. The summed E-state index contributed by atoms with van der Waals surface area (Å²) in [4.78, 5) is 48.8. The molecule has 0 saturated carbocycles. The first kappa shape index (κ1) is 29.1. The number of hydrogen-bond donors (Lipinski definition) is 1. The Hall–Kier alpha value is -4.44. The van der Waals surface area contributed by atoms with E-state index < -0.39 is 5.97 Å². The minimum absolute atomic E-state index is 0.0968. The number of terminal acetylenes is 1. The average Bonchev–Trinajstić information content (AvgIpc) is 3.28. The number of carbonyl (C=O) groups is 4. The van der Waals surface area contributed by atoms with E-state index in [4.69, 9.17) is 11.2 Å². The highest BCUT2D eigenvalue weighted by Gasteiger charge is 2.23. The van der Waals surface area contributed by atoms with Crippen LogP contribution in [0.3, 0.4) is 0 Å². The molecule has 0 radical (unpaired) electrons. The van der Waals surface area contributed by atoms with E-state index >= 15 is 0 Å². The van der Waals surface area contributed by atoms with Gasteiger partial charge in [0.25, 0.3) is 11.8 Å². The molecule has 0 spiro atoms. The first-order valence-corrected chi connectivity index (χ1v) is 13.3. The molecule has 202 valence electrons. The molecule has 3 amide bonds. The van der Waals surface area contributed by atoms with Crippen molar-refractivity contribution >= 4 is 29.3 Å². The summed E-state index contributed by atoms with van der Waals surface area (Å²) in [5.41, 5.74) is 2.62. The number of unbranched alkanes of at least 4 members (excludes halogenated alkanes) is 5. The van der Waals surface area contributed by atoms with Crippen LogP contribution in [0.5, 0.6) is 0 Å². The maximum atomic E-state index is 12.9. The zero-order valence-electron chi connectivity index (χ0n) is 22.1. The fraction of sp³-hybridized carbons (Fsp3) is 0.312. The molecule has 0 aromatic heterocycles. The molecule has 1 N–H and O–H groups in total. The molecule has 0 saturated heterocycles. The average molecular weight is 527 g/mol. The van der Waals surface area contributed by atoms with Gasteiger partial charge >= 0.3 is 5.97 Å². The van der Waals surface area contributed by atoms with Crippen molar-refractivity contribution in [2.24, 2.45) is 0 Å². The van der Waals surface area contributed by atoms with Crippen molar-refractivity contribution in [3.63, 3.8) is 0 Å². The SMILES string of the molecule is C#CC(C(=O)OCCCCCCCCNC(=O)CCN1C(=O)C=CC1=O)=C(c1ccccc1)c1ccccc1. The number of carbonyl (C=O) groups excluding carboxylic acids is 4. The van der Waals surface area contributed by atoms with Crippen LogP contribution in [0, 0.1) is 12.3 Å². The highest BCUT2D eigenvalue weighted by atomic mass is 16.5. The Balaban J connectivity index is 1.31. The van der Waals surface area contributed by atoms with E-state index in [1.807, 2.05) is 60.7 Å². The van der Waals surface area contributed by atoms with E-state index in [0.29, 0.717) is 18.7 Å². The predicted octanol–water partition coefficient (Wildman–Crippen LogP) is 4.44. The maximum Gasteiger partial charge on any atom is 0.347 e. The lowest BCUT2D eigenvalue weighted by atomic mass is 9.93. The molecule has 1 aliphatic heterocycles. The second-order valence-corrected chi connectivity index (χ2v) is 9.15. The van der Waals surface area contributed by atoms with Crippen LogP contribution >= 0.6 is 0 Å². The number of nitrogens with one attached hydrogen (secondary N) is 1. The molecular formula is C32H34N2O5. The lowest BCUT2D eigenvalue weighted by molar-refractivity contribution is -0.139. The Bertz CT molecular complexity index is 1180. The topological polar surface area (TPSA) is 92.8 Å². The highest BCUT2D eigenvalue weighted by Crippen LogP contribution is 2.27. The Morgan fingerprint density at radius 3 is 1.90 bits per heavy atom. The third-order valence-corrected chi connectivity index (χ3v) is 6.31. The van der Waals surface area contributed by atoms with Gasteiger partial charge in [-0.25, -0.2) is 4.79 Å². The van der Waals surface area contributed by atoms with Crippen molar-refractivity contribution in [2.45, 2.75) is 44.9 Å². The van der Waals surface area contributed by atoms with Crippen LogP contribution in [0.4, 0.5) is 0 Å². The van der Waals surface area contributed by atoms with Crippen molar-refractivity contribution in [2.75, 3.05) is 19.7 Å². The van der Waals surface area contributed by atoms with Gasteiger partial charge in [0, 0.05) is 37.2 Å². The third kappa shape index (κ3) is 9.11. The monoisotopic (exact) mass is 526 g/mol. The summed E-state index contributed by atoms with van der Waals surface area (Å²) < 4.78 is 5.53. The molecule has 0 bridgehead atoms. The molecular weight excluding hydrogens is 492 g/mol. The summed E-state index contributed by atoms with van der Waals surface area (Å²) in [5, 5.41) is 2.82. The molecule has 0 aliphatic carbocycles. The molecule has 0 fully saturated rings. The lowest BCUT2D eigenvalue weighted by Crippen LogP contribution is -2.34. The summed E-state index contributed by atoms with van der Waals surface area (Å²) in [6, 6.07) is 19.2. The zero-order chi connectivity index (χ0) is 27.9. The number of ether oxygens (including phenoxy) is 1. The van der Waals surface area contributed by atoms with Crippen LogP contribution in [0.25, 0.3) is 5.57 Å². The van der Waals surface area contributed by atoms with Crippen LogP contribution in [0.1, 0.15) is 56.1 Å². The van der Waals surface area contributed by atoms with Gasteiger partial charge in [-0.3, -0.25) is 19.3 Å². The number of amides is 3. The quantitative estimate of drug-likeness (QED) is 0.122. The molecule has 2 aromatic rings. The second-order valence-electron chi connectivity index (χ2n) is 9.15. The largest absolute Gasteiger partial charge is 0.462 e. The fourth-order valence-corrected chi connectivity index (χ4v) is 4.25. The van der Waals surface area contributed by atoms with Crippen LogP contribution < -0.4 is 5.32 Å². The van der Waals surface area contributed by atoms with Crippen LogP contribution in [0.15, 0.2) is 78.4 Å². The highest BCUT2D eigenvalue weighted by molar-refractivity contribution is 6.13. The maximum absolute atomic E-state index is 12.9. The number of nitrogens with zero attached hydrogens (tertiary/aromatic N) is 1. The van der Waals surface area contributed by atoms with Gasteiger partial charge in [0.2, 0.25) is 5.91 Å². The van der Waals surface area contributed by atoms with Gasteiger partial charge < -0.3 is 10.1 Å². The van der Waals surface area contributed by atoms with Crippen LogP contribution in [-0.4, -0.2) is 48.3 Å². The zero-order valence-corrected chi connectivity index (χ0v) is 22.1. The van der Waals surface area contributed by atoms with E-state index in [-0.39, 0.29) is 36.3 Å². The van der Waals surface area contributed by atoms with E-state index in [1.165, 1.54) is 12.2 Å². The van der Waals surface area contributed by atoms with Gasteiger partial charge in [-0.1, -0.05) is 92.3 Å². The standard InChI is InChI=1S/C32H34N2O5/c1-2-27(31(25-15-9-7-10-16-25)26-17-11-8-12-18-26)32(38)39-24-14-6-4-3-5-13-22-33-28(35)21-23-34-29(36)19-20-30(34)37/h1,7-12,15-20H,3-6,13-14,21-24H2,(H,33,35). The predicted molar refractivity (Wildman–Crippen MR) is 150 cm³/mol. The van der Waals surface area contributed by atoms with Crippen LogP contribution in [0.2, 0.25) is 0 Å². The summed E-state index contributed by atoms with van der Waals surface area (Å²) in [5.74, 6) is 1.13. The van der Waals surface area contributed by atoms with Crippen molar-refractivity contribution in [1.82, 2.24) is 10.2 Å². The second kappa shape index (κ2) is 15.7. The van der Waals surface area contributed by atoms with Crippen molar-refractivity contribution in [3.05, 3.63) is 89.5 Å². The fourth-order valence-electron chi connectivity index (χ4n) is 4.25. The van der Waals surface area contributed by atoms with Crippen molar-refractivity contribution < 1.29 is 23.9 Å². The number of hydrogen-bond acceptors (Lipinski definition) is 5. The number of imide groups is 1. The third-order valence-electron chi connectivity index (χ3n) is 6.31. The molecule has 3 rings (SSSR count). The van der Waals surface area contributed by atoms with E-state index in [9.17, 15) is 19.2 Å². The van der Waals surface area contributed by atoms with Crippen LogP contribution in [-0.2, 0) is 23.9 Å². The molecule has 7 heteroatoms. The summed E-state index contributed by atoms with van der Waals surface area (Å²) in [7, 11) is 0. The van der Waals surface area contributed by atoms with Crippen molar-refractivity contribution in [1.29, 1.82) is 0 Å². The Kier molecular flexibility index (Phi) is 11.7. The Morgan fingerprint density at radius 2 is 1.33 bits per heavy atom. The molecule has 7 nitrogen and oxygen atoms in total. The molecule has 0 unspecified atom stereocenters. The molecule has 1 aliphatic rings. The Morgan fingerprint density at radius 1 is 0.795 bits per heavy atom. The van der Waals surface area contributed by atoms with Gasteiger partial charge in [0.15, 0.2) is 0 Å². The van der Waals surface area contributed by atoms with Crippen molar-refractivity contribution in [3.8, 4) is 12.3 Å². The van der Waals surface area contributed by atoms with E-state index in [1.54, 1.807) is 0 Å². The molecule has 0 atom stereocenters. The molecule has 39 heavy (non-hydrogen) atoms. The van der Waals surface area contributed by atoms with Gasteiger partial charge in [0.1, 0.15) is 5.57 Å². The summed E-state index contributed by atoms with van der Waals surface area (Å²) in [6.45, 7) is 0.955. The van der Waals surface area contributed by atoms with E-state index in [2.05, 4.69) is 11.2 Å². The first-order valence-electron chi connectivity index (χ1n) is 13.3. The minimum atomic E-state index is -0.495. The van der Waals surface area contributed by atoms with Gasteiger partial charge in [0.05, 0.1) is 6.61 Å². The minimum Gasteiger partial charge on any atom is -0.462 e. The number of rotatable bonds is 15. The number of esters is 1. The molecule has 2 aromatic carbocycles. The van der Waals surface area contributed by atoms with Gasteiger partial charge in [-0.2, -0.15) is 0 Å². The summed E-state index contributed by atoms with van der Waals surface area (Å²) in [6.07, 6.45) is 13.8. The first-order chi connectivity index (χ1) is 19.0. The molecule has 1 heterocycles. The van der Waals surface area contributed by atoms with E-state index in [0.717, 1.165) is 54.6 Å². The van der Waals surface area contributed by atoms with Gasteiger partial charge in [-0.15, -0.1) is 6.42 Å². The van der Waals surface area contributed by atoms with Gasteiger partial charge in [-0.05, 0) is 24.0 Å². The Labute approximate surface area is 229 Å². The smallest absolute Gasteiger partial charge is 0.347 e. The normalized spacial score (nSPS) is 12.2.